The Bertz CT molecular complexity index is 1150. The number of allylic oxidation sites excluding steroid dienone is 1. The van der Waals surface area contributed by atoms with Crippen molar-refractivity contribution in [2.24, 2.45) is 0 Å². The van der Waals surface area contributed by atoms with E-state index in [4.69, 9.17) is 9.47 Å². The van der Waals surface area contributed by atoms with Crippen LogP contribution < -0.4 is 14.8 Å². The van der Waals surface area contributed by atoms with Crippen molar-refractivity contribution < 1.29 is 13.9 Å². The van der Waals surface area contributed by atoms with Gasteiger partial charge in [0.2, 0.25) is 0 Å². The third-order valence-electron chi connectivity index (χ3n) is 5.60. The van der Waals surface area contributed by atoms with Crippen molar-refractivity contribution in [3.05, 3.63) is 83.2 Å². The van der Waals surface area contributed by atoms with Crippen LogP contribution in [0.3, 0.4) is 0 Å². The van der Waals surface area contributed by atoms with Crippen LogP contribution in [0.5, 0.6) is 11.5 Å². The number of halogens is 1. The summed E-state index contributed by atoms with van der Waals surface area (Å²) >= 11 is 0. The van der Waals surface area contributed by atoms with E-state index >= 15 is 0 Å². The summed E-state index contributed by atoms with van der Waals surface area (Å²) < 4.78 is 25.6. The summed E-state index contributed by atoms with van der Waals surface area (Å²) in [6.45, 7) is 8.87. The molecule has 3 nitrogen and oxygen atoms in total. The zero-order valence-electron chi connectivity index (χ0n) is 18.7. The Morgan fingerprint density at radius 2 is 1.65 bits per heavy atom. The summed E-state index contributed by atoms with van der Waals surface area (Å²) in [7, 11) is 1.56. The van der Waals surface area contributed by atoms with Gasteiger partial charge < -0.3 is 14.8 Å². The molecule has 1 aliphatic rings. The van der Waals surface area contributed by atoms with Crippen LogP contribution in [0.4, 0.5) is 10.1 Å². The van der Waals surface area contributed by atoms with E-state index < -0.39 is 0 Å². The van der Waals surface area contributed by atoms with Gasteiger partial charge in [0, 0.05) is 28.4 Å². The van der Waals surface area contributed by atoms with E-state index in [0.29, 0.717) is 12.4 Å². The fourth-order valence-corrected chi connectivity index (χ4v) is 4.28. The van der Waals surface area contributed by atoms with E-state index in [-0.39, 0.29) is 11.4 Å². The van der Waals surface area contributed by atoms with E-state index in [1.54, 1.807) is 13.2 Å². The average molecular weight is 418 g/mol. The Balaban J connectivity index is 1.85. The minimum Gasteiger partial charge on any atom is -0.496 e. The van der Waals surface area contributed by atoms with E-state index in [1.165, 1.54) is 23.3 Å². The molecule has 160 valence electrons. The highest BCUT2D eigenvalue weighted by molar-refractivity contribution is 5.88. The summed E-state index contributed by atoms with van der Waals surface area (Å²) in [6, 6.07) is 16.8. The first kappa shape index (κ1) is 21.0. The molecule has 1 aliphatic heterocycles. The summed E-state index contributed by atoms with van der Waals surface area (Å²) in [5.74, 6) is 0.990. The van der Waals surface area contributed by atoms with Crippen molar-refractivity contribution in [1.29, 1.82) is 0 Å². The highest BCUT2D eigenvalue weighted by atomic mass is 19.1. The number of nitrogens with one attached hydrogen (secondary N) is 1. The van der Waals surface area contributed by atoms with E-state index in [9.17, 15) is 4.39 Å². The Morgan fingerprint density at radius 3 is 2.35 bits per heavy atom. The van der Waals surface area contributed by atoms with Crippen LogP contribution in [0.15, 0.2) is 60.7 Å². The van der Waals surface area contributed by atoms with Crippen LogP contribution in [0, 0.1) is 12.7 Å². The van der Waals surface area contributed by atoms with Crippen LogP contribution in [0.2, 0.25) is 0 Å². The van der Waals surface area contributed by atoms with E-state index in [1.807, 2.05) is 24.3 Å². The first-order chi connectivity index (χ1) is 14.8. The molecule has 0 aliphatic carbocycles. The fourth-order valence-electron chi connectivity index (χ4n) is 4.28. The van der Waals surface area contributed by atoms with Crippen molar-refractivity contribution >= 4 is 11.3 Å². The van der Waals surface area contributed by atoms with Gasteiger partial charge in [0.15, 0.2) is 0 Å². The first-order valence-electron chi connectivity index (χ1n) is 10.4. The molecular formula is C27H28FNO2. The molecule has 0 saturated heterocycles. The van der Waals surface area contributed by atoms with Gasteiger partial charge in [-0.15, -0.1) is 0 Å². The largest absolute Gasteiger partial charge is 0.496 e. The molecule has 4 rings (SSSR count). The molecular weight excluding hydrogens is 389 g/mol. The Morgan fingerprint density at radius 1 is 0.935 bits per heavy atom. The molecule has 3 aromatic rings. The van der Waals surface area contributed by atoms with E-state index in [0.717, 1.165) is 33.7 Å². The number of rotatable bonds is 5. The molecule has 0 aromatic heterocycles. The summed E-state index contributed by atoms with van der Waals surface area (Å²) in [6.07, 6.45) is 2.23. The van der Waals surface area contributed by atoms with E-state index in [2.05, 4.69) is 51.2 Å². The average Bonchev–Trinajstić information content (AvgIpc) is 2.72. The molecule has 0 radical (unpaired) electrons. The highest BCUT2D eigenvalue weighted by Gasteiger charge is 2.27. The number of hydrogen-bond donors (Lipinski definition) is 1. The maximum absolute atomic E-state index is 13.8. The SMILES string of the molecule is COc1cc(F)ccc1-c1ccc2c(c1COc1ccc(C)cc1)C(C)=CC(C)(C)N2. The van der Waals surface area contributed by atoms with Gasteiger partial charge in [-0.1, -0.05) is 29.8 Å². The monoisotopic (exact) mass is 417 g/mol. The first-order valence-corrected chi connectivity index (χ1v) is 10.4. The number of benzene rings is 3. The number of aryl methyl sites for hydroxylation is 1. The lowest BCUT2D eigenvalue weighted by molar-refractivity contribution is 0.306. The maximum Gasteiger partial charge on any atom is 0.129 e. The molecule has 0 bridgehead atoms. The number of ether oxygens (including phenoxy) is 2. The molecule has 1 heterocycles. The molecule has 1 N–H and O–H groups in total. The molecule has 0 saturated carbocycles. The third kappa shape index (κ3) is 4.29. The normalized spacial score (nSPS) is 14.3. The second-order valence-corrected chi connectivity index (χ2v) is 8.63. The van der Waals surface area contributed by atoms with Gasteiger partial charge in [-0.2, -0.15) is 0 Å². The highest BCUT2D eigenvalue weighted by Crippen LogP contribution is 2.42. The fraction of sp³-hybridized carbons (Fsp3) is 0.259. The summed E-state index contributed by atoms with van der Waals surface area (Å²) in [4.78, 5) is 0. The summed E-state index contributed by atoms with van der Waals surface area (Å²) in [5.41, 5.74) is 7.27. The maximum atomic E-state index is 13.8. The standard InChI is InChI=1S/C27H28FNO2/c1-17-6-9-20(10-7-17)31-16-23-21(22-11-8-19(28)14-25(22)30-5)12-13-24-26(23)18(2)15-27(3,4)29-24/h6-15,29H,16H2,1-5H3. The summed E-state index contributed by atoms with van der Waals surface area (Å²) in [5, 5.41) is 3.61. The predicted octanol–water partition coefficient (Wildman–Crippen LogP) is 7.00. The van der Waals surface area contributed by atoms with Gasteiger partial charge in [0.05, 0.1) is 12.6 Å². The van der Waals surface area contributed by atoms with Crippen molar-refractivity contribution in [3.8, 4) is 22.6 Å². The molecule has 4 heteroatoms. The van der Waals surface area contributed by atoms with Crippen molar-refractivity contribution in [3.63, 3.8) is 0 Å². The lowest BCUT2D eigenvalue weighted by atomic mass is 9.85. The zero-order chi connectivity index (χ0) is 22.2. The number of methoxy groups -OCH3 is 1. The molecule has 3 aromatic carbocycles. The van der Waals surface area contributed by atoms with Crippen molar-refractivity contribution in [2.45, 2.75) is 39.8 Å². The van der Waals surface area contributed by atoms with Gasteiger partial charge in [0.1, 0.15) is 23.9 Å². The number of hydrogen-bond acceptors (Lipinski definition) is 3. The Kier molecular flexibility index (Phi) is 5.48. The topological polar surface area (TPSA) is 30.5 Å². The lowest BCUT2D eigenvalue weighted by Gasteiger charge is -2.33. The quantitative estimate of drug-likeness (QED) is 0.485. The van der Waals surface area contributed by atoms with Crippen LogP contribution in [-0.4, -0.2) is 12.6 Å². The third-order valence-corrected chi connectivity index (χ3v) is 5.60. The van der Waals surface area contributed by atoms with Gasteiger partial charge in [-0.05, 0) is 69.2 Å². The second kappa shape index (κ2) is 8.10. The van der Waals surface area contributed by atoms with Crippen molar-refractivity contribution in [2.75, 3.05) is 12.4 Å². The zero-order valence-corrected chi connectivity index (χ0v) is 18.7. The van der Waals surface area contributed by atoms with Gasteiger partial charge in [-0.3, -0.25) is 0 Å². The van der Waals surface area contributed by atoms with Gasteiger partial charge >= 0.3 is 0 Å². The second-order valence-electron chi connectivity index (χ2n) is 8.63. The van der Waals surface area contributed by atoms with Crippen LogP contribution >= 0.6 is 0 Å². The molecule has 0 spiro atoms. The minimum atomic E-state index is -0.324. The number of fused-ring (bicyclic) bond motifs is 1. The van der Waals surface area contributed by atoms with Gasteiger partial charge in [-0.25, -0.2) is 4.39 Å². The minimum absolute atomic E-state index is 0.138. The van der Waals surface area contributed by atoms with Crippen LogP contribution in [0.1, 0.15) is 37.5 Å². The molecule has 0 amide bonds. The Hall–Kier alpha value is -3.27. The molecule has 0 unspecified atom stereocenters. The van der Waals surface area contributed by atoms with Gasteiger partial charge in [0.25, 0.3) is 0 Å². The smallest absolute Gasteiger partial charge is 0.129 e. The molecule has 0 fully saturated rings. The lowest BCUT2D eigenvalue weighted by Crippen LogP contribution is -2.32. The number of anilines is 1. The van der Waals surface area contributed by atoms with Crippen molar-refractivity contribution in [1.82, 2.24) is 0 Å². The Labute approximate surface area is 183 Å². The van der Waals surface area contributed by atoms with Crippen LogP contribution in [0.25, 0.3) is 16.7 Å². The molecule has 31 heavy (non-hydrogen) atoms. The molecule has 0 atom stereocenters. The predicted molar refractivity (Wildman–Crippen MR) is 125 cm³/mol. The van der Waals surface area contributed by atoms with Crippen LogP contribution in [-0.2, 0) is 6.61 Å².